The maximum atomic E-state index is 14.6. The number of imidazole rings is 1. The lowest BCUT2D eigenvalue weighted by molar-refractivity contribution is -0.149. The normalized spacial score (nSPS) is 12.0. The van der Waals surface area contributed by atoms with Crippen molar-refractivity contribution in [1.29, 1.82) is 0 Å². The number of ether oxygens (including phenoxy) is 5. The van der Waals surface area contributed by atoms with Crippen LogP contribution in [0.3, 0.4) is 0 Å². The number of hydrogen-bond donors (Lipinski definition) is 1. The summed E-state index contributed by atoms with van der Waals surface area (Å²) in [5.41, 5.74) is -1.17. The van der Waals surface area contributed by atoms with Gasteiger partial charge >= 0.3 is 35.9 Å². The number of aryl methyl sites for hydroxylation is 2. The molecular weight excluding hydrogens is 810 g/mol. The fourth-order valence-electron chi connectivity index (χ4n) is 6.61. The number of para-hydroxylation sites is 1. The van der Waals surface area contributed by atoms with Gasteiger partial charge in [0.2, 0.25) is 0 Å². The van der Waals surface area contributed by atoms with Gasteiger partial charge in [-0.2, -0.15) is 14.4 Å². The molecule has 0 bridgehead atoms. The predicted molar refractivity (Wildman–Crippen MR) is 224 cm³/mol. The highest BCUT2D eigenvalue weighted by atomic mass is 19.1. The maximum Gasteiger partial charge on any atom is 0.519 e. The van der Waals surface area contributed by atoms with E-state index in [9.17, 15) is 28.4 Å². The van der Waals surface area contributed by atoms with Crippen molar-refractivity contribution < 1.29 is 56.1 Å². The molecule has 17 nitrogen and oxygen atoms in total. The van der Waals surface area contributed by atoms with Gasteiger partial charge in [0, 0.05) is 20.1 Å². The summed E-state index contributed by atoms with van der Waals surface area (Å²) >= 11 is 0. The molecule has 18 heteroatoms. The highest BCUT2D eigenvalue weighted by molar-refractivity contribution is 5.94. The van der Waals surface area contributed by atoms with E-state index in [0.717, 1.165) is 19.3 Å². The van der Waals surface area contributed by atoms with Gasteiger partial charge in [0.25, 0.3) is 0 Å². The first-order valence-corrected chi connectivity index (χ1v) is 21.4. The average Bonchev–Trinajstić information content (AvgIpc) is 3.78. The number of unbranched alkanes of at least 4 members (excludes halogenated alkanes) is 12. The van der Waals surface area contributed by atoms with Gasteiger partial charge in [-0.05, 0) is 45.7 Å². The number of aromatic nitrogens is 4. The molecular formula is C44H60FN5O12. The van der Waals surface area contributed by atoms with Gasteiger partial charge in [-0.15, -0.1) is 0 Å². The first-order valence-electron chi connectivity index (χ1n) is 21.4. The second-order valence-corrected chi connectivity index (χ2v) is 15.7. The minimum absolute atomic E-state index is 0.0441. The van der Waals surface area contributed by atoms with Crippen LogP contribution in [0.5, 0.6) is 5.75 Å². The Bertz CT molecular complexity index is 2110. The van der Waals surface area contributed by atoms with Crippen molar-refractivity contribution in [3.05, 3.63) is 64.4 Å². The molecule has 1 atom stereocenters. The van der Waals surface area contributed by atoms with E-state index < -0.39 is 47.6 Å². The lowest BCUT2D eigenvalue weighted by Crippen LogP contribution is -2.33. The fourth-order valence-corrected chi connectivity index (χ4v) is 6.61. The van der Waals surface area contributed by atoms with Gasteiger partial charge in [0.1, 0.15) is 23.5 Å². The van der Waals surface area contributed by atoms with E-state index in [1.54, 1.807) is 18.2 Å². The van der Waals surface area contributed by atoms with Crippen molar-refractivity contribution in [2.24, 2.45) is 0 Å². The van der Waals surface area contributed by atoms with Crippen molar-refractivity contribution in [1.82, 2.24) is 19.5 Å². The Kier molecular flexibility index (Phi) is 20.0. The number of hydrogen-bond acceptors (Lipinski definition) is 15. The summed E-state index contributed by atoms with van der Waals surface area (Å²) in [5.74, 6) is -2.75. The molecule has 0 fully saturated rings. The Hall–Kier alpha value is -5.65. The molecule has 1 N–H and O–H groups in total. The topological polar surface area (TPSA) is 213 Å². The highest BCUT2D eigenvalue weighted by Gasteiger charge is 2.29. The van der Waals surface area contributed by atoms with Crippen LogP contribution in [0.2, 0.25) is 0 Å². The summed E-state index contributed by atoms with van der Waals surface area (Å²) in [4.78, 5) is 74.0. The van der Waals surface area contributed by atoms with Gasteiger partial charge < -0.3 is 37.1 Å². The minimum Gasteiger partial charge on any atom is -0.459 e. The Morgan fingerprint density at radius 3 is 2.19 bits per heavy atom. The molecule has 0 spiro atoms. The van der Waals surface area contributed by atoms with E-state index in [1.807, 2.05) is 0 Å². The zero-order valence-corrected chi connectivity index (χ0v) is 36.5. The molecule has 1 amide bonds. The summed E-state index contributed by atoms with van der Waals surface area (Å²) < 4.78 is 52.8. The van der Waals surface area contributed by atoms with Gasteiger partial charge in [-0.3, -0.25) is 14.9 Å². The number of benzene rings is 1. The number of esters is 3. The molecule has 4 aromatic rings. The third-order valence-corrected chi connectivity index (χ3v) is 10.0. The number of methoxy groups -OCH3 is 1. The molecule has 0 radical (unpaired) electrons. The van der Waals surface area contributed by atoms with Gasteiger partial charge in [-0.25, -0.2) is 19.4 Å². The number of fused-ring (bicyclic) bond motifs is 1. The predicted octanol–water partition coefficient (Wildman–Crippen LogP) is 8.93. The van der Waals surface area contributed by atoms with Crippen molar-refractivity contribution in [3.8, 4) is 5.75 Å². The SMILES string of the molecule is CCCCCCCCCCCCCCCC(=O)Oc1ccccc1C(=O)OCC(CCn1cnc2c(NC(=O)OC(C)(C)CC(=O)OCc3oc(=O)oc3C)nc(F)nc21)OC. The zero-order chi connectivity index (χ0) is 44.9. The Balaban J connectivity index is 1.20. The summed E-state index contributed by atoms with van der Waals surface area (Å²) in [7, 11) is 1.45. The number of halogens is 1. The van der Waals surface area contributed by atoms with Crippen LogP contribution in [-0.4, -0.2) is 68.9 Å². The average molecular weight is 870 g/mol. The minimum atomic E-state index is -1.38. The van der Waals surface area contributed by atoms with Crippen LogP contribution in [-0.2, 0) is 41.7 Å². The number of amides is 1. The van der Waals surface area contributed by atoms with Crippen LogP contribution in [0, 0.1) is 13.0 Å². The van der Waals surface area contributed by atoms with Crippen LogP contribution >= 0.6 is 0 Å². The molecule has 4 rings (SSSR count). The summed E-state index contributed by atoms with van der Waals surface area (Å²) in [6, 6.07) is 6.39. The van der Waals surface area contributed by atoms with E-state index in [2.05, 4.69) is 27.2 Å². The molecule has 1 unspecified atom stereocenters. The number of nitrogens with one attached hydrogen (secondary N) is 1. The van der Waals surface area contributed by atoms with E-state index >= 15 is 0 Å². The summed E-state index contributed by atoms with van der Waals surface area (Å²) in [6.45, 7) is 6.32. The fraction of sp³-hybridized carbons (Fsp3) is 0.591. The molecule has 0 aliphatic heterocycles. The summed E-state index contributed by atoms with van der Waals surface area (Å²) in [6.07, 6.45) is 14.3. The third-order valence-electron chi connectivity index (χ3n) is 10.0. The first-order chi connectivity index (χ1) is 29.8. The number of nitrogens with zero attached hydrogens (tertiary/aromatic N) is 4. The zero-order valence-electron chi connectivity index (χ0n) is 36.5. The van der Waals surface area contributed by atoms with Gasteiger partial charge in [-0.1, -0.05) is 96.1 Å². The van der Waals surface area contributed by atoms with Crippen LogP contribution in [0.25, 0.3) is 11.2 Å². The van der Waals surface area contributed by atoms with Gasteiger partial charge in [0.15, 0.2) is 35.1 Å². The number of carbonyl (C=O) groups is 4. The third kappa shape index (κ3) is 16.7. The van der Waals surface area contributed by atoms with E-state index in [0.29, 0.717) is 6.42 Å². The number of rotatable bonds is 28. The molecule has 0 saturated heterocycles. The molecule has 0 aliphatic rings. The van der Waals surface area contributed by atoms with E-state index in [4.69, 9.17) is 32.5 Å². The van der Waals surface area contributed by atoms with Crippen LogP contribution < -0.4 is 15.9 Å². The lowest BCUT2D eigenvalue weighted by atomic mass is 10.0. The molecule has 3 aromatic heterocycles. The van der Waals surface area contributed by atoms with Crippen LogP contribution in [0.15, 0.2) is 44.2 Å². The molecule has 0 saturated carbocycles. The number of carbonyl (C=O) groups excluding carboxylic acids is 4. The second-order valence-electron chi connectivity index (χ2n) is 15.7. The van der Waals surface area contributed by atoms with Crippen molar-refractivity contribution >= 4 is 41.0 Å². The van der Waals surface area contributed by atoms with Crippen LogP contribution in [0.4, 0.5) is 15.0 Å². The quantitative estimate of drug-likeness (QED) is 0.0185. The van der Waals surface area contributed by atoms with Crippen molar-refractivity contribution in [3.63, 3.8) is 0 Å². The molecule has 3 heterocycles. The molecule has 0 aliphatic carbocycles. The van der Waals surface area contributed by atoms with Crippen LogP contribution in [0.1, 0.15) is 145 Å². The van der Waals surface area contributed by atoms with E-state index in [1.165, 1.54) is 103 Å². The Labute approximate surface area is 360 Å². The Morgan fingerprint density at radius 2 is 1.55 bits per heavy atom. The second kappa shape index (κ2) is 25.3. The summed E-state index contributed by atoms with van der Waals surface area (Å²) in [5, 5.41) is 2.35. The largest absolute Gasteiger partial charge is 0.519 e. The van der Waals surface area contributed by atoms with Gasteiger partial charge in [0.05, 0.1) is 18.9 Å². The number of anilines is 1. The molecule has 340 valence electrons. The lowest BCUT2D eigenvalue weighted by Gasteiger charge is -2.24. The smallest absolute Gasteiger partial charge is 0.459 e. The monoisotopic (exact) mass is 869 g/mol. The molecule has 62 heavy (non-hydrogen) atoms. The first kappa shape index (κ1) is 49.0. The van der Waals surface area contributed by atoms with Crippen molar-refractivity contribution in [2.75, 3.05) is 19.0 Å². The molecule has 1 aromatic carbocycles. The van der Waals surface area contributed by atoms with Crippen molar-refractivity contribution in [2.45, 2.75) is 155 Å². The Morgan fingerprint density at radius 1 is 0.887 bits per heavy atom. The maximum absolute atomic E-state index is 14.6. The van der Waals surface area contributed by atoms with E-state index in [-0.39, 0.29) is 78.8 Å². The standard InChI is InChI=1S/C44H60FN5O12/c1-6-7-8-9-10-11-12-13-14-15-16-17-18-23-35(51)60-33-22-20-19-21-32(33)40(53)58-27-31(56-5)24-25-50-29-46-37-38(47-41(45)49-39(37)50)48-42(54)62-44(3,4)26-36(52)57-28-34-30(2)59-43(55)61-34/h19-22,29,31H,6-18,23-28H2,1-5H3,(H,47,48,49,54). The highest BCUT2D eigenvalue weighted by Crippen LogP contribution is 2.24.